The number of carbonyl (C=O) groups is 6. The highest BCUT2D eigenvalue weighted by molar-refractivity contribution is 14.1. The van der Waals surface area contributed by atoms with E-state index in [-0.39, 0.29) is 37.8 Å². The quantitative estimate of drug-likeness (QED) is 0.0439. The van der Waals surface area contributed by atoms with Gasteiger partial charge in [0, 0.05) is 4.43 Å². The van der Waals surface area contributed by atoms with E-state index >= 15 is 0 Å². The van der Waals surface area contributed by atoms with Crippen LogP contribution in [0.4, 0.5) is 0 Å². The molecule has 2 saturated heterocycles. The van der Waals surface area contributed by atoms with Gasteiger partial charge in [0.2, 0.25) is 0 Å². The van der Waals surface area contributed by atoms with Gasteiger partial charge in [0.05, 0.1) is 40.0 Å². The second-order valence-electron chi connectivity index (χ2n) is 16.0. The van der Waals surface area contributed by atoms with Crippen molar-refractivity contribution in [3.05, 3.63) is 215 Å². The normalized spacial score (nSPS) is 23.7. The van der Waals surface area contributed by atoms with Crippen LogP contribution in [0.15, 0.2) is 182 Å². The zero-order valence-electron chi connectivity index (χ0n) is 37.5. The van der Waals surface area contributed by atoms with Gasteiger partial charge in [-0.15, -0.1) is 0 Å². The second kappa shape index (κ2) is 24.0. The van der Waals surface area contributed by atoms with Crippen molar-refractivity contribution in [1.29, 1.82) is 0 Å². The van der Waals surface area contributed by atoms with E-state index in [0.29, 0.717) is 0 Å². The summed E-state index contributed by atoms with van der Waals surface area (Å²) < 4.78 is 55.3. The predicted octanol–water partition coefficient (Wildman–Crippen LogP) is 7.23. The van der Waals surface area contributed by atoms with Gasteiger partial charge < -0.3 is 47.7 Å². The third kappa shape index (κ3) is 12.5. The van der Waals surface area contributed by atoms with Crippen molar-refractivity contribution in [2.24, 2.45) is 0 Å². The minimum Gasteiger partial charge on any atom is -0.452 e. The molecule has 1 N–H and O–H groups in total. The molecule has 2 heterocycles. The highest BCUT2D eigenvalue weighted by atomic mass is 127. The number of benzene rings is 6. The third-order valence-electron chi connectivity index (χ3n) is 11.3. The largest absolute Gasteiger partial charge is 0.452 e. The predicted molar refractivity (Wildman–Crippen MR) is 258 cm³/mol. The van der Waals surface area contributed by atoms with Crippen LogP contribution in [0.25, 0.3) is 0 Å². The van der Waals surface area contributed by atoms with Crippen molar-refractivity contribution in [2.45, 2.75) is 61.4 Å². The first-order valence-electron chi connectivity index (χ1n) is 22.3. The Bertz CT molecular complexity index is 2730. The summed E-state index contributed by atoms with van der Waals surface area (Å²) in [6.07, 6.45) is -16.3. The van der Waals surface area contributed by atoms with Gasteiger partial charge in [-0.05, 0) is 72.8 Å². The Morgan fingerprint density at radius 1 is 0.366 bits per heavy atom. The lowest BCUT2D eigenvalue weighted by molar-refractivity contribution is -0.318. The molecular formula is C54H45IO16. The van der Waals surface area contributed by atoms with Crippen molar-refractivity contribution in [1.82, 2.24) is 0 Å². The first-order chi connectivity index (χ1) is 34.6. The van der Waals surface area contributed by atoms with Crippen LogP contribution in [-0.2, 0) is 42.6 Å². The molecule has 0 saturated carbocycles. The van der Waals surface area contributed by atoms with E-state index in [2.05, 4.69) is 0 Å². The zero-order valence-corrected chi connectivity index (χ0v) is 39.6. The number of aliphatic hydroxyl groups is 1. The van der Waals surface area contributed by atoms with E-state index < -0.39 is 104 Å². The summed E-state index contributed by atoms with van der Waals surface area (Å²) in [5.74, 6) is -5.34. The Balaban J connectivity index is 1.17. The number of esters is 6. The molecule has 0 aromatic heterocycles. The van der Waals surface area contributed by atoms with Crippen LogP contribution in [0.5, 0.6) is 0 Å². The molecule has 0 amide bonds. The summed E-state index contributed by atoms with van der Waals surface area (Å²) in [5.41, 5.74) is 0.626. The lowest BCUT2D eigenvalue weighted by atomic mass is 9.97. The van der Waals surface area contributed by atoms with Crippen LogP contribution >= 0.6 is 22.6 Å². The maximum atomic E-state index is 14.0. The van der Waals surface area contributed by atoms with Crippen molar-refractivity contribution >= 4 is 58.4 Å². The second-order valence-corrected chi connectivity index (χ2v) is 16.9. The van der Waals surface area contributed by atoms with Crippen LogP contribution in [0.2, 0.25) is 0 Å². The fourth-order valence-electron chi connectivity index (χ4n) is 7.75. The lowest BCUT2D eigenvalue weighted by Gasteiger charge is -2.46. The molecule has 10 atom stereocenters. The highest BCUT2D eigenvalue weighted by Gasteiger charge is 2.56. The SMILES string of the molecule is O=C(O[C@@H]1[C@H](OC(=O)c2ccccc2)[C@@H](OC[C@H]2O[C@H](O)[C@@H](OC(=O)c3ccccc3)[C@@H](OC(=O)c3ccccc3)[C@@H]2OC(=O)c2ccccc2)O[C@H](CI)[C@H]1OC(=O)c1ccccc1)c1ccccc1. The van der Waals surface area contributed by atoms with Gasteiger partial charge in [0.1, 0.15) is 12.2 Å². The van der Waals surface area contributed by atoms with Gasteiger partial charge in [-0.1, -0.05) is 132 Å². The summed E-state index contributed by atoms with van der Waals surface area (Å²) >= 11 is 2.00. The smallest absolute Gasteiger partial charge is 0.338 e. The van der Waals surface area contributed by atoms with Gasteiger partial charge >= 0.3 is 35.8 Å². The molecule has 2 fully saturated rings. The molecule has 0 unspecified atom stereocenters. The molecule has 16 nitrogen and oxygen atoms in total. The van der Waals surface area contributed by atoms with Crippen LogP contribution in [0.1, 0.15) is 62.1 Å². The summed E-state index contributed by atoms with van der Waals surface area (Å²) in [7, 11) is 0. The molecule has 71 heavy (non-hydrogen) atoms. The topological polar surface area (TPSA) is 206 Å². The summed E-state index contributed by atoms with van der Waals surface area (Å²) in [4.78, 5) is 83.2. The van der Waals surface area contributed by atoms with Crippen LogP contribution in [0.3, 0.4) is 0 Å². The van der Waals surface area contributed by atoms with Crippen molar-refractivity contribution in [3.8, 4) is 0 Å². The third-order valence-corrected chi connectivity index (χ3v) is 12.2. The molecule has 2 aliphatic rings. The molecule has 364 valence electrons. The van der Waals surface area contributed by atoms with E-state index in [1.807, 2.05) is 22.6 Å². The Morgan fingerprint density at radius 3 is 0.958 bits per heavy atom. The number of aliphatic hydroxyl groups excluding tert-OH is 1. The van der Waals surface area contributed by atoms with Crippen LogP contribution in [0, 0.1) is 0 Å². The van der Waals surface area contributed by atoms with Gasteiger partial charge in [0.15, 0.2) is 49.2 Å². The van der Waals surface area contributed by atoms with Crippen LogP contribution < -0.4 is 0 Å². The van der Waals surface area contributed by atoms with Crippen LogP contribution in [-0.4, -0.2) is 113 Å². The number of ether oxygens (including phenoxy) is 9. The number of alkyl halides is 1. The van der Waals surface area contributed by atoms with Gasteiger partial charge in [-0.3, -0.25) is 0 Å². The Morgan fingerprint density at radius 2 is 0.634 bits per heavy atom. The number of carbonyl (C=O) groups excluding carboxylic acids is 6. The minimum atomic E-state index is -2.04. The molecular weight excluding hydrogens is 1030 g/mol. The maximum absolute atomic E-state index is 14.0. The van der Waals surface area contributed by atoms with Gasteiger partial charge in [-0.25, -0.2) is 28.8 Å². The van der Waals surface area contributed by atoms with E-state index in [1.54, 1.807) is 109 Å². The van der Waals surface area contributed by atoms with Gasteiger partial charge in [0.25, 0.3) is 0 Å². The van der Waals surface area contributed by atoms with Crippen molar-refractivity contribution in [2.75, 3.05) is 11.0 Å². The highest BCUT2D eigenvalue weighted by Crippen LogP contribution is 2.35. The Hall–Kier alpha value is -7.29. The molecule has 0 spiro atoms. The zero-order chi connectivity index (χ0) is 49.7. The molecule has 0 aliphatic carbocycles. The van der Waals surface area contributed by atoms with Gasteiger partial charge in [-0.2, -0.15) is 0 Å². The summed E-state index contributed by atoms with van der Waals surface area (Å²) in [5, 5.41) is 11.7. The first kappa shape index (κ1) is 50.1. The molecule has 8 rings (SSSR count). The average molecular weight is 1080 g/mol. The Labute approximate surface area is 420 Å². The number of rotatable bonds is 16. The molecule has 0 radical (unpaired) electrons. The molecule has 2 aliphatic heterocycles. The monoisotopic (exact) mass is 1080 g/mol. The summed E-state index contributed by atoms with van der Waals surface area (Å²) in [6.45, 7) is -0.686. The maximum Gasteiger partial charge on any atom is 0.338 e. The fraction of sp³-hybridized carbons (Fsp3) is 0.222. The molecule has 0 bridgehead atoms. The minimum absolute atomic E-state index is 0.0738. The van der Waals surface area contributed by atoms with E-state index in [1.165, 1.54) is 72.8 Å². The standard InChI is InChI=1S/C54H45IO16/c55-31-39-41(66-47(56)33-19-7-1-8-20-33)44(69-50(59)36-25-13-4-14-26-36)46(71-52(61)38-29-17-6-18-30-38)54(65-39)63-32-40-42(67-48(57)34-21-9-2-10-22-34)43(68-49(58)35-23-11-3-12-24-35)45(53(62)64-40)70-51(60)37-27-15-5-16-28-37/h1-30,39-46,53-54,62H,31-32H2/t39-,40-,41-,42-,43+,44+,45+,46+,53+,54+/m1/s1. The summed E-state index contributed by atoms with van der Waals surface area (Å²) in [6, 6.07) is 47.4. The van der Waals surface area contributed by atoms with Crippen molar-refractivity contribution < 1.29 is 76.5 Å². The van der Waals surface area contributed by atoms with E-state index in [4.69, 9.17) is 42.6 Å². The number of hydrogen-bond donors (Lipinski definition) is 1. The fourth-order valence-corrected chi connectivity index (χ4v) is 8.46. The number of hydrogen-bond acceptors (Lipinski definition) is 16. The van der Waals surface area contributed by atoms with E-state index in [9.17, 15) is 33.9 Å². The lowest BCUT2D eigenvalue weighted by Crippen LogP contribution is -2.64. The molecule has 6 aromatic rings. The average Bonchev–Trinajstić information content (AvgIpc) is 3.42. The first-order valence-corrected chi connectivity index (χ1v) is 23.8. The molecule has 6 aromatic carbocycles. The van der Waals surface area contributed by atoms with Crippen molar-refractivity contribution in [3.63, 3.8) is 0 Å². The molecule has 17 heteroatoms. The van der Waals surface area contributed by atoms with E-state index in [0.717, 1.165) is 0 Å². The number of halogens is 1. The Kier molecular flexibility index (Phi) is 17.0.